The fourth-order valence-electron chi connectivity index (χ4n) is 4.01. The van der Waals surface area contributed by atoms with Crippen molar-refractivity contribution in [2.45, 2.75) is 70.8 Å². The van der Waals surface area contributed by atoms with Crippen LogP contribution in [0.15, 0.2) is 36.4 Å². The van der Waals surface area contributed by atoms with Crippen molar-refractivity contribution in [1.82, 2.24) is 4.90 Å². The summed E-state index contributed by atoms with van der Waals surface area (Å²) in [5, 5.41) is 13.2. The van der Waals surface area contributed by atoms with Crippen LogP contribution in [0.1, 0.15) is 70.8 Å². The van der Waals surface area contributed by atoms with E-state index in [1.54, 1.807) is 4.90 Å². The minimum atomic E-state index is -0.797. The monoisotopic (exact) mass is 370 g/mol. The number of benzene rings is 1. The highest BCUT2D eigenvalue weighted by Gasteiger charge is 2.36. The second-order valence-corrected chi connectivity index (χ2v) is 9.34. The predicted molar refractivity (Wildman–Crippen MR) is 111 cm³/mol. The Labute approximate surface area is 163 Å². The number of nitrogens with zero attached hydrogens (tertiary/aromatic N) is 1. The van der Waals surface area contributed by atoms with Crippen LogP contribution < -0.4 is 5.32 Å². The molecule has 1 saturated heterocycles. The Morgan fingerprint density at radius 2 is 1.93 bits per heavy atom. The first kappa shape index (κ1) is 19.8. The number of anilines is 1. The van der Waals surface area contributed by atoms with Crippen LogP contribution in [0.2, 0.25) is 0 Å². The number of allylic oxidation sites excluding steroid dienone is 2. The highest BCUT2D eigenvalue weighted by molar-refractivity contribution is 5.65. The summed E-state index contributed by atoms with van der Waals surface area (Å²) >= 11 is 0. The lowest BCUT2D eigenvalue weighted by Crippen LogP contribution is -2.50. The Bertz CT molecular complexity index is 678. The normalized spacial score (nSPS) is 20.0. The fourth-order valence-corrected chi connectivity index (χ4v) is 4.01. The van der Waals surface area contributed by atoms with Crippen molar-refractivity contribution < 1.29 is 9.90 Å². The van der Waals surface area contributed by atoms with Gasteiger partial charge in [0.2, 0.25) is 0 Å². The summed E-state index contributed by atoms with van der Waals surface area (Å²) in [6.07, 6.45) is 10.1. The zero-order valence-electron chi connectivity index (χ0n) is 17.0. The molecule has 2 aliphatic rings. The highest BCUT2D eigenvalue weighted by Crippen LogP contribution is 2.44. The van der Waals surface area contributed by atoms with Crippen molar-refractivity contribution in [1.29, 1.82) is 0 Å². The number of rotatable bonds is 6. The molecular formula is C23H34N2O2. The number of piperidine rings is 1. The van der Waals surface area contributed by atoms with Gasteiger partial charge in [0.15, 0.2) is 0 Å². The number of hydrogen-bond acceptors (Lipinski definition) is 2. The lowest BCUT2D eigenvalue weighted by atomic mass is 9.82. The molecule has 0 bridgehead atoms. The average molecular weight is 371 g/mol. The number of amides is 1. The fraction of sp³-hybridized carbons (Fsp3) is 0.609. The molecule has 2 N–H and O–H groups in total. The Morgan fingerprint density at radius 3 is 2.52 bits per heavy atom. The van der Waals surface area contributed by atoms with Crippen molar-refractivity contribution in [3.8, 4) is 0 Å². The highest BCUT2D eigenvalue weighted by atomic mass is 16.4. The first-order valence-corrected chi connectivity index (χ1v) is 10.3. The van der Waals surface area contributed by atoms with Crippen molar-refractivity contribution in [2.75, 3.05) is 18.4 Å². The lowest BCUT2D eigenvalue weighted by molar-refractivity contribution is 0.120. The summed E-state index contributed by atoms with van der Waals surface area (Å²) in [5.41, 5.74) is 2.86. The minimum Gasteiger partial charge on any atom is -0.465 e. The number of nitrogens with one attached hydrogen (secondary N) is 1. The molecule has 3 rings (SSSR count). The molecule has 27 heavy (non-hydrogen) atoms. The predicted octanol–water partition coefficient (Wildman–Crippen LogP) is 5.87. The van der Waals surface area contributed by atoms with Gasteiger partial charge in [-0.2, -0.15) is 0 Å². The number of carboxylic acid groups (broad SMARTS) is 1. The van der Waals surface area contributed by atoms with Crippen LogP contribution >= 0.6 is 0 Å². The second-order valence-electron chi connectivity index (χ2n) is 9.34. The summed E-state index contributed by atoms with van der Waals surface area (Å²) < 4.78 is 0. The Morgan fingerprint density at radius 1 is 1.26 bits per heavy atom. The first-order chi connectivity index (χ1) is 12.8. The van der Waals surface area contributed by atoms with Gasteiger partial charge in [-0.25, -0.2) is 4.79 Å². The van der Waals surface area contributed by atoms with E-state index in [1.807, 2.05) is 0 Å². The summed E-state index contributed by atoms with van der Waals surface area (Å²) in [5.74, 6) is 0.700. The molecule has 1 aromatic carbocycles. The molecule has 1 heterocycles. The minimum absolute atomic E-state index is 0.0286. The maximum atomic E-state index is 11.3. The molecule has 0 unspecified atom stereocenters. The molecule has 1 aromatic rings. The Hall–Kier alpha value is -1.97. The molecule has 2 fully saturated rings. The zero-order valence-corrected chi connectivity index (χ0v) is 17.0. The van der Waals surface area contributed by atoms with Crippen LogP contribution in [-0.2, 0) is 0 Å². The van der Waals surface area contributed by atoms with E-state index in [9.17, 15) is 9.90 Å². The van der Waals surface area contributed by atoms with Gasteiger partial charge in [0.05, 0.1) is 0 Å². The van der Waals surface area contributed by atoms with Gasteiger partial charge in [-0.3, -0.25) is 0 Å². The van der Waals surface area contributed by atoms with E-state index in [2.05, 4.69) is 62.5 Å². The molecule has 1 aliphatic carbocycles. The lowest BCUT2D eigenvalue weighted by Gasteiger charge is -2.43. The van der Waals surface area contributed by atoms with Gasteiger partial charge in [-0.05, 0) is 61.5 Å². The van der Waals surface area contributed by atoms with Crippen LogP contribution in [0, 0.1) is 5.41 Å². The van der Waals surface area contributed by atoms with Gasteiger partial charge >= 0.3 is 6.09 Å². The molecule has 0 aromatic heterocycles. The molecular weight excluding hydrogens is 336 g/mol. The third-order valence-corrected chi connectivity index (χ3v) is 5.78. The second kappa shape index (κ2) is 7.95. The van der Waals surface area contributed by atoms with Crippen molar-refractivity contribution in [2.24, 2.45) is 5.41 Å². The molecule has 4 nitrogen and oxygen atoms in total. The maximum absolute atomic E-state index is 11.3. The zero-order chi connectivity index (χ0) is 19.5. The van der Waals surface area contributed by atoms with E-state index >= 15 is 0 Å². The smallest absolute Gasteiger partial charge is 0.407 e. The molecule has 1 aliphatic heterocycles. The van der Waals surface area contributed by atoms with Gasteiger partial charge in [0.25, 0.3) is 0 Å². The van der Waals surface area contributed by atoms with Crippen LogP contribution in [0.4, 0.5) is 10.5 Å². The summed E-state index contributed by atoms with van der Waals surface area (Å²) in [6.45, 7) is 7.87. The summed E-state index contributed by atoms with van der Waals surface area (Å²) in [6, 6.07) is 8.68. The van der Waals surface area contributed by atoms with E-state index in [0.717, 1.165) is 25.7 Å². The average Bonchev–Trinajstić information content (AvgIpc) is 3.44. The number of likely N-dealkylation sites (tertiary alicyclic amines) is 1. The summed E-state index contributed by atoms with van der Waals surface area (Å²) in [7, 11) is 0. The summed E-state index contributed by atoms with van der Waals surface area (Å²) in [4.78, 5) is 12.9. The Balaban J connectivity index is 1.74. The quantitative estimate of drug-likeness (QED) is 0.616. The van der Waals surface area contributed by atoms with Gasteiger partial charge in [0, 0.05) is 24.3 Å². The SMILES string of the molecule is CC(C)(C)C=CCCC1(Nc2ccccc2C2CC2)CCN(C(=O)O)CC1. The van der Waals surface area contributed by atoms with Crippen LogP contribution in [-0.4, -0.2) is 34.7 Å². The topological polar surface area (TPSA) is 52.6 Å². The van der Waals surface area contributed by atoms with Gasteiger partial charge < -0.3 is 15.3 Å². The van der Waals surface area contributed by atoms with Gasteiger partial charge in [0.1, 0.15) is 0 Å². The molecule has 1 saturated carbocycles. The first-order valence-electron chi connectivity index (χ1n) is 10.3. The van der Waals surface area contributed by atoms with Gasteiger partial charge in [-0.1, -0.05) is 51.1 Å². The van der Waals surface area contributed by atoms with Crippen molar-refractivity contribution in [3.63, 3.8) is 0 Å². The van der Waals surface area contributed by atoms with Crippen molar-refractivity contribution in [3.05, 3.63) is 42.0 Å². The number of carbonyl (C=O) groups is 1. The van der Waals surface area contributed by atoms with Crippen LogP contribution in [0.3, 0.4) is 0 Å². The molecule has 1 amide bonds. The largest absolute Gasteiger partial charge is 0.465 e. The van der Waals surface area contributed by atoms with Gasteiger partial charge in [-0.15, -0.1) is 0 Å². The number of para-hydroxylation sites is 1. The van der Waals surface area contributed by atoms with Crippen molar-refractivity contribution >= 4 is 11.8 Å². The van der Waals surface area contributed by atoms with E-state index in [4.69, 9.17) is 0 Å². The third kappa shape index (κ3) is 5.50. The van der Waals surface area contributed by atoms with Crippen LogP contribution in [0.25, 0.3) is 0 Å². The molecule has 4 heteroatoms. The van der Waals surface area contributed by atoms with E-state index < -0.39 is 6.09 Å². The van der Waals surface area contributed by atoms with E-state index in [-0.39, 0.29) is 11.0 Å². The van der Waals surface area contributed by atoms with E-state index in [1.165, 1.54) is 24.1 Å². The standard InChI is InChI=1S/C23H34N2O2/c1-22(2,3)12-6-7-13-23(14-16-25(17-15-23)21(26)27)24-20-9-5-4-8-19(20)18-10-11-18/h4-6,8-9,12,18,24H,7,10-11,13-17H2,1-3H3,(H,26,27). The molecule has 148 valence electrons. The number of hydrogen-bond donors (Lipinski definition) is 2. The molecule has 0 atom stereocenters. The van der Waals surface area contributed by atoms with Crippen LogP contribution in [0.5, 0.6) is 0 Å². The molecule has 0 spiro atoms. The molecule has 0 radical (unpaired) electrons. The third-order valence-electron chi connectivity index (χ3n) is 5.78. The van der Waals surface area contributed by atoms with E-state index in [0.29, 0.717) is 19.0 Å². The maximum Gasteiger partial charge on any atom is 0.407 e. The Kier molecular flexibility index (Phi) is 5.83.